The molecule has 0 spiro atoms. The molecule has 5 nitrogen and oxygen atoms in total. The van der Waals surface area contributed by atoms with Gasteiger partial charge in [0, 0.05) is 12.5 Å². The number of rotatable bonds is 6. The first-order valence-electron chi connectivity index (χ1n) is 11.5. The van der Waals surface area contributed by atoms with Gasteiger partial charge in [0.1, 0.15) is 11.4 Å². The Labute approximate surface area is 194 Å². The average Bonchev–Trinajstić information content (AvgIpc) is 3.31. The van der Waals surface area contributed by atoms with E-state index in [4.69, 9.17) is 0 Å². The zero-order valence-electron chi connectivity index (χ0n) is 18.7. The molecular formula is C28H28N4O. The van der Waals surface area contributed by atoms with Crippen molar-refractivity contribution in [2.24, 2.45) is 0 Å². The van der Waals surface area contributed by atoms with Gasteiger partial charge in [0.2, 0.25) is 0 Å². The monoisotopic (exact) mass is 436 g/mol. The van der Waals surface area contributed by atoms with Gasteiger partial charge in [-0.25, -0.2) is 4.68 Å². The van der Waals surface area contributed by atoms with Crippen LogP contribution < -0.4 is 10.6 Å². The summed E-state index contributed by atoms with van der Waals surface area (Å²) in [4.78, 5) is 13.3. The van der Waals surface area contributed by atoms with E-state index < -0.39 is 0 Å². The minimum atomic E-state index is -0.110. The van der Waals surface area contributed by atoms with Crippen molar-refractivity contribution in [1.82, 2.24) is 15.1 Å². The molecule has 2 heterocycles. The van der Waals surface area contributed by atoms with Gasteiger partial charge in [-0.3, -0.25) is 4.79 Å². The predicted octanol–water partition coefficient (Wildman–Crippen LogP) is 5.56. The third kappa shape index (κ3) is 4.40. The Balaban J connectivity index is 1.37. The highest BCUT2D eigenvalue weighted by atomic mass is 16.1. The molecule has 1 aliphatic heterocycles. The van der Waals surface area contributed by atoms with Crippen LogP contribution >= 0.6 is 0 Å². The highest BCUT2D eigenvalue weighted by Gasteiger charge is 2.29. The maximum absolute atomic E-state index is 13.3. The van der Waals surface area contributed by atoms with Gasteiger partial charge in [0.25, 0.3) is 5.91 Å². The van der Waals surface area contributed by atoms with Gasteiger partial charge in [0.15, 0.2) is 0 Å². The first kappa shape index (κ1) is 21.0. The molecule has 5 rings (SSSR count). The van der Waals surface area contributed by atoms with Crippen LogP contribution in [-0.2, 0) is 0 Å². The topological polar surface area (TPSA) is 59.0 Å². The van der Waals surface area contributed by atoms with Crippen molar-refractivity contribution in [3.8, 4) is 0 Å². The van der Waals surface area contributed by atoms with Crippen LogP contribution in [0.1, 0.15) is 58.4 Å². The number of anilines is 1. The molecule has 1 aliphatic rings. The van der Waals surface area contributed by atoms with E-state index in [1.807, 2.05) is 47.1 Å². The van der Waals surface area contributed by atoms with E-state index in [0.717, 1.165) is 12.2 Å². The smallest absolute Gasteiger partial charge is 0.256 e. The second-order valence-electron chi connectivity index (χ2n) is 8.63. The molecular weight excluding hydrogens is 408 g/mol. The molecule has 3 aromatic carbocycles. The second-order valence-corrected chi connectivity index (χ2v) is 8.63. The second kappa shape index (κ2) is 9.33. The van der Waals surface area contributed by atoms with E-state index in [0.29, 0.717) is 12.1 Å². The number of carbonyl (C=O) groups excluding carboxylic acids is 1. The summed E-state index contributed by atoms with van der Waals surface area (Å²) in [6.07, 6.45) is 2.60. The van der Waals surface area contributed by atoms with Gasteiger partial charge in [-0.2, -0.15) is 5.10 Å². The van der Waals surface area contributed by atoms with Crippen LogP contribution in [-0.4, -0.2) is 22.2 Å². The number of nitrogens with zero attached hydrogens (tertiary/aromatic N) is 2. The number of hydrogen-bond donors (Lipinski definition) is 2. The fourth-order valence-corrected chi connectivity index (χ4v) is 4.66. The van der Waals surface area contributed by atoms with Gasteiger partial charge in [-0.05, 0) is 30.0 Å². The fraction of sp³-hybridized carbons (Fsp3) is 0.214. The lowest BCUT2D eigenvalue weighted by Gasteiger charge is -2.31. The summed E-state index contributed by atoms with van der Waals surface area (Å²) in [5.41, 5.74) is 4.16. The van der Waals surface area contributed by atoms with E-state index in [2.05, 4.69) is 71.2 Å². The molecule has 2 unspecified atom stereocenters. The minimum absolute atomic E-state index is 0.0756. The van der Waals surface area contributed by atoms with Crippen molar-refractivity contribution >= 4 is 11.7 Å². The molecule has 0 radical (unpaired) electrons. The third-order valence-corrected chi connectivity index (χ3v) is 6.42. The largest absolute Gasteiger partial charge is 0.363 e. The van der Waals surface area contributed by atoms with Crippen LogP contribution in [0.25, 0.3) is 0 Å². The normalized spacial score (nSPS) is 17.3. The summed E-state index contributed by atoms with van der Waals surface area (Å²) >= 11 is 0. The molecule has 2 N–H and O–H groups in total. The molecule has 1 aromatic heterocycles. The summed E-state index contributed by atoms with van der Waals surface area (Å²) in [6.45, 7) is 2.66. The minimum Gasteiger partial charge on any atom is -0.363 e. The molecule has 33 heavy (non-hydrogen) atoms. The van der Waals surface area contributed by atoms with Crippen molar-refractivity contribution in [3.63, 3.8) is 0 Å². The molecule has 0 aliphatic carbocycles. The van der Waals surface area contributed by atoms with E-state index in [1.54, 1.807) is 6.20 Å². The van der Waals surface area contributed by atoms with Crippen LogP contribution in [0.4, 0.5) is 5.82 Å². The van der Waals surface area contributed by atoms with Crippen molar-refractivity contribution in [2.45, 2.75) is 31.3 Å². The highest BCUT2D eigenvalue weighted by molar-refractivity contribution is 5.99. The predicted molar refractivity (Wildman–Crippen MR) is 131 cm³/mol. The quantitative estimate of drug-likeness (QED) is 0.416. The Morgan fingerprint density at radius 1 is 0.970 bits per heavy atom. The van der Waals surface area contributed by atoms with Crippen molar-refractivity contribution in [1.29, 1.82) is 0 Å². The highest BCUT2D eigenvalue weighted by Crippen LogP contribution is 2.36. The SMILES string of the molecule is CC1CC(c2ccccc2)Nc2c(C(=O)NCC(c3ccccc3)c3ccccc3)cnn21. The van der Waals surface area contributed by atoms with Crippen LogP contribution in [0.5, 0.6) is 0 Å². The first-order chi connectivity index (χ1) is 16.2. The number of carbonyl (C=O) groups is 1. The number of nitrogens with one attached hydrogen (secondary N) is 2. The Morgan fingerprint density at radius 2 is 1.55 bits per heavy atom. The molecule has 2 atom stereocenters. The Hall–Kier alpha value is -3.86. The van der Waals surface area contributed by atoms with Gasteiger partial charge < -0.3 is 10.6 Å². The lowest BCUT2D eigenvalue weighted by molar-refractivity contribution is 0.0953. The number of aromatic nitrogens is 2. The summed E-state index contributed by atoms with van der Waals surface area (Å²) in [5, 5.41) is 11.3. The molecule has 1 amide bonds. The summed E-state index contributed by atoms with van der Waals surface area (Å²) in [7, 11) is 0. The summed E-state index contributed by atoms with van der Waals surface area (Å²) < 4.78 is 1.93. The van der Waals surface area contributed by atoms with E-state index in [9.17, 15) is 4.79 Å². The maximum Gasteiger partial charge on any atom is 0.256 e. The van der Waals surface area contributed by atoms with Crippen molar-refractivity contribution in [2.75, 3.05) is 11.9 Å². The van der Waals surface area contributed by atoms with Crippen molar-refractivity contribution in [3.05, 3.63) is 119 Å². The maximum atomic E-state index is 13.3. The number of hydrogen-bond acceptors (Lipinski definition) is 3. The molecule has 4 aromatic rings. The van der Waals surface area contributed by atoms with Gasteiger partial charge >= 0.3 is 0 Å². The van der Waals surface area contributed by atoms with E-state index in [1.165, 1.54) is 16.7 Å². The zero-order chi connectivity index (χ0) is 22.6. The summed E-state index contributed by atoms with van der Waals surface area (Å²) in [6, 6.07) is 31.3. The van der Waals surface area contributed by atoms with Crippen LogP contribution in [0, 0.1) is 0 Å². The van der Waals surface area contributed by atoms with Crippen LogP contribution in [0.15, 0.2) is 97.2 Å². The lowest BCUT2D eigenvalue weighted by atomic mass is 9.91. The molecule has 0 fully saturated rings. The van der Waals surface area contributed by atoms with E-state index >= 15 is 0 Å². The molecule has 5 heteroatoms. The number of benzene rings is 3. The summed E-state index contributed by atoms with van der Waals surface area (Å²) in [5.74, 6) is 0.754. The number of fused-ring (bicyclic) bond motifs is 1. The van der Waals surface area contributed by atoms with Crippen molar-refractivity contribution < 1.29 is 4.79 Å². The van der Waals surface area contributed by atoms with E-state index in [-0.39, 0.29) is 23.9 Å². The first-order valence-corrected chi connectivity index (χ1v) is 11.5. The fourth-order valence-electron chi connectivity index (χ4n) is 4.66. The Bertz CT molecular complexity index is 1170. The average molecular weight is 437 g/mol. The van der Waals surface area contributed by atoms with Crippen LogP contribution in [0.2, 0.25) is 0 Å². The van der Waals surface area contributed by atoms with Gasteiger partial charge in [0.05, 0.1) is 18.3 Å². The molecule has 166 valence electrons. The lowest BCUT2D eigenvalue weighted by Crippen LogP contribution is -2.31. The Kier molecular flexibility index (Phi) is 5.94. The van der Waals surface area contributed by atoms with Gasteiger partial charge in [-0.1, -0.05) is 91.0 Å². The zero-order valence-corrected chi connectivity index (χ0v) is 18.7. The number of amides is 1. The molecule has 0 bridgehead atoms. The standard InChI is InChI=1S/C28H28N4O/c1-20-17-26(23-15-9-4-10-16-23)31-27-25(19-30-32(20)27)28(33)29-18-24(21-11-5-2-6-12-21)22-13-7-3-8-14-22/h2-16,19-20,24,26,31H,17-18H2,1H3,(H,29,33). The molecule has 0 saturated carbocycles. The molecule has 0 saturated heterocycles. The third-order valence-electron chi connectivity index (χ3n) is 6.42. The Morgan fingerprint density at radius 3 is 2.15 bits per heavy atom. The van der Waals surface area contributed by atoms with Crippen LogP contribution in [0.3, 0.4) is 0 Å². The van der Waals surface area contributed by atoms with Gasteiger partial charge in [-0.15, -0.1) is 0 Å².